The molecule has 74 valence electrons. The van der Waals surface area contributed by atoms with Crippen LogP contribution in [0.4, 0.5) is 5.69 Å². The number of anilines is 1. The second-order valence-electron chi connectivity index (χ2n) is 2.67. The average molecular weight is 191 g/mol. The summed E-state index contributed by atoms with van der Waals surface area (Å²) in [6.45, 7) is 0.547. The van der Waals surface area contributed by atoms with Crippen LogP contribution >= 0.6 is 0 Å². The standard InChI is InChI=1S/C10H13N3O/c1-14-10-8(4-2-3-5-11)6-9(12)7-13-10/h6-7H,3,5,11-12H2,1H3. The van der Waals surface area contributed by atoms with Gasteiger partial charge in [0.25, 0.3) is 0 Å². The lowest BCUT2D eigenvalue weighted by atomic mass is 10.2. The summed E-state index contributed by atoms with van der Waals surface area (Å²) in [5.41, 5.74) is 12.2. The monoisotopic (exact) mass is 191 g/mol. The lowest BCUT2D eigenvalue weighted by molar-refractivity contribution is 0.397. The van der Waals surface area contributed by atoms with E-state index in [0.29, 0.717) is 30.1 Å². The van der Waals surface area contributed by atoms with E-state index in [1.54, 1.807) is 13.2 Å². The topological polar surface area (TPSA) is 74.2 Å². The molecule has 0 saturated carbocycles. The quantitative estimate of drug-likeness (QED) is 0.662. The molecule has 0 fully saturated rings. The summed E-state index contributed by atoms with van der Waals surface area (Å²) in [7, 11) is 1.55. The molecule has 0 aliphatic rings. The molecular weight excluding hydrogens is 178 g/mol. The number of hydrogen-bond acceptors (Lipinski definition) is 4. The van der Waals surface area contributed by atoms with Crippen molar-refractivity contribution in [3.05, 3.63) is 17.8 Å². The van der Waals surface area contributed by atoms with E-state index in [2.05, 4.69) is 16.8 Å². The molecule has 1 aromatic heterocycles. The van der Waals surface area contributed by atoms with Gasteiger partial charge in [-0.3, -0.25) is 0 Å². The third-order valence-electron chi connectivity index (χ3n) is 1.56. The van der Waals surface area contributed by atoms with Gasteiger partial charge in [-0.05, 0) is 6.07 Å². The van der Waals surface area contributed by atoms with Crippen LogP contribution in [0.5, 0.6) is 5.88 Å². The molecule has 0 aliphatic heterocycles. The smallest absolute Gasteiger partial charge is 0.229 e. The molecule has 0 aliphatic carbocycles. The molecule has 0 saturated heterocycles. The Labute approximate surface area is 83.3 Å². The Morgan fingerprint density at radius 1 is 1.57 bits per heavy atom. The van der Waals surface area contributed by atoms with Crippen LogP contribution in [-0.4, -0.2) is 18.6 Å². The van der Waals surface area contributed by atoms with Crippen molar-refractivity contribution in [2.24, 2.45) is 5.73 Å². The Morgan fingerprint density at radius 3 is 3.00 bits per heavy atom. The van der Waals surface area contributed by atoms with Crippen molar-refractivity contribution in [2.45, 2.75) is 6.42 Å². The summed E-state index contributed by atoms with van der Waals surface area (Å²) in [4.78, 5) is 3.99. The van der Waals surface area contributed by atoms with E-state index in [0.717, 1.165) is 0 Å². The lowest BCUT2D eigenvalue weighted by Crippen LogP contribution is -1.96. The van der Waals surface area contributed by atoms with Gasteiger partial charge in [-0.2, -0.15) is 0 Å². The third kappa shape index (κ3) is 2.64. The van der Waals surface area contributed by atoms with E-state index in [4.69, 9.17) is 16.2 Å². The number of ether oxygens (including phenoxy) is 1. The number of methoxy groups -OCH3 is 1. The van der Waals surface area contributed by atoms with Crippen molar-refractivity contribution in [1.29, 1.82) is 0 Å². The highest BCUT2D eigenvalue weighted by atomic mass is 16.5. The normalized spacial score (nSPS) is 9.00. The van der Waals surface area contributed by atoms with Gasteiger partial charge in [0.15, 0.2) is 0 Å². The first-order valence-corrected chi connectivity index (χ1v) is 4.26. The van der Waals surface area contributed by atoms with Crippen LogP contribution < -0.4 is 16.2 Å². The maximum absolute atomic E-state index is 5.58. The molecule has 4 heteroatoms. The lowest BCUT2D eigenvalue weighted by Gasteiger charge is -2.01. The number of nitrogens with two attached hydrogens (primary N) is 2. The minimum absolute atomic E-state index is 0.490. The highest BCUT2D eigenvalue weighted by Crippen LogP contribution is 2.15. The third-order valence-corrected chi connectivity index (χ3v) is 1.56. The molecule has 0 unspecified atom stereocenters. The van der Waals surface area contributed by atoms with E-state index in [1.165, 1.54) is 6.20 Å². The van der Waals surface area contributed by atoms with E-state index in [-0.39, 0.29) is 0 Å². The van der Waals surface area contributed by atoms with Gasteiger partial charge in [0.2, 0.25) is 5.88 Å². The molecule has 1 heterocycles. The Balaban J connectivity index is 2.94. The molecule has 1 rings (SSSR count). The molecule has 0 radical (unpaired) electrons. The predicted molar refractivity (Wildman–Crippen MR) is 55.8 cm³/mol. The van der Waals surface area contributed by atoms with E-state index < -0.39 is 0 Å². The average Bonchev–Trinajstić information content (AvgIpc) is 2.19. The second-order valence-corrected chi connectivity index (χ2v) is 2.67. The van der Waals surface area contributed by atoms with Crippen LogP contribution in [0.1, 0.15) is 12.0 Å². The molecule has 0 amide bonds. The molecule has 1 aromatic rings. The Morgan fingerprint density at radius 2 is 2.36 bits per heavy atom. The predicted octanol–water partition coefficient (Wildman–Crippen LogP) is 0.373. The van der Waals surface area contributed by atoms with Gasteiger partial charge >= 0.3 is 0 Å². The van der Waals surface area contributed by atoms with Crippen LogP contribution in [0.3, 0.4) is 0 Å². The van der Waals surface area contributed by atoms with E-state index >= 15 is 0 Å². The van der Waals surface area contributed by atoms with Crippen LogP contribution in [-0.2, 0) is 0 Å². The summed E-state index contributed by atoms with van der Waals surface area (Å²) in [5, 5.41) is 0. The largest absolute Gasteiger partial charge is 0.480 e. The number of aromatic nitrogens is 1. The van der Waals surface area contributed by atoms with Crippen LogP contribution in [0.15, 0.2) is 12.3 Å². The van der Waals surface area contributed by atoms with Gasteiger partial charge in [0.1, 0.15) is 0 Å². The maximum Gasteiger partial charge on any atom is 0.229 e. The van der Waals surface area contributed by atoms with Crippen LogP contribution in [0.2, 0.25) is 0 Å². The fourth-order valence-electron chi connectivity index (χ4n) is 0.950. The molecule has 0 atom stereocenters. The minimum atomic E-state index is 0.490. The number of nitrogens with zero attached hydrogens (tertiary/aromatic N) is 1. The number of hydrogen-bond donors (Lipinski definition) is 2. The van der Waals surface area contributed by atoms with Gasteiger partial charge in [-0.15, -0.1) is 0 Å². The molecule has 4 N–H and O–H groups in total. The Kier molecular flexibility index (Phi) is 3.77. The number of nitrogen functional groups attached to an aromatic ring is 1. The van der Waals surface area contributed by atoms with Gasteiger partial charge in [-0.25, -0.2) is 4.98 Å². The van der Waals surface area contributed by atoms with Crippen molar-refractivity contribution < 1.29 is 4.74 Å². The van der Waals surface area contributed by atoms with Crippen molar-refractivity contribution in [1.82, 2.24) is 4.98 Å². The summed E-state index contributed by atoms with van der Waals surface area (Å²) in [6.07, 6.45) is 2.19. The zero-order valence-corrected chi connectivity index (χ0v) is 8.08. The first kappa shape index (κ1) is 10.4. The summed E-state index contributed by atoms with van der Waals surface area (Å²) in [5.74, 6) is 6.30. The highest BCUT2D eigenvalue weighted by Gasteiger charge is 2.00. The van der Waals surface area contributed by atoms with Crippen LogP contribution in [0.25, 0.3) is 0 Å². The first-order chi connectivity index (χ1) is 6.77. The molecular formula is C10H13N3O. The number of rotatable bonds is 2. The van der Waals surface area contributed by atoms with E-state index in [9.17, 15) is 0 Å². The molecule has 14 heavy (non-hydrogen) atoms. The second kappa shape index (κ2) is 5.10. The summed E-state index contributed by atoms with van der Waals surface area (Å²) < 4.78 is 5.03. The fraction of sp³-hybridized carbons (Fsp3) is 0.300. The van der Waals surface area contributed by atoms with E-state index in [1.807, 2.05) is 0 Å². The van der Waals surface area contributed by atoms with Crippen molar-refractivity contribution in [3.8, 4) is 17.7 Å². The molecule has 0 spiro atoms. The zero-order chi connectivity index (χ0) is 10.4. The van der Waals surface area contributed by atoms with Gasteiger partial charge in [-0.1, -0.05) is 11.8 Å². The van der Waals surface area contributed by atoms with Gasteiger partial charge in [0.05, 0.1) is 24.6 Å². The number of pyridine rings is 1. The Hall–Kier alpha value is -1.73. The maximum atomic E-state index is 5.58. The molecule has 4 nitrogen and oxygen atoms in total. The molecule has 0 aromatic carbocycles. The summed E-state index contributed by atoms with van der Waals surface area (Å²) in [6, 6.07) is 1.73. The first-order valence-electron chi connectivity index (χ1n) is 4.26. The fourth-order valence-corrected chi connectivity index (χ4v) is 0.950. The van der Waals surface area contributed by atoms with Gasteiger partial charge < -0.3 is 16.2 Å². The minimum Gasteiger partial charge on any atom is -0.480 e. The van der Waals surface area contributed by atoms with Crippen molar-refractivity contribution in [3.63, 3.8) is 0 Å². The molecule has 0 bridgehead atoms. The van der Waals surface area contributed by atoms with Gasteiger partial charge in [0, 0.05) is 13.0 Å². The summed E-state index contributed by atoms with van der Waals surface area (Å²) >= 11 is 0. The van der Waals surface area contributed by atoms with Crippen molar-refractivity contribution >= 4 is 5.69 Å². The zero-order valence-electron chi connectivity index (χ0n) is 8.08. The Bertz CT molecular complexity index is 365. The van der Waals surface area contributed by atoms with Crippen LogP contribution in [0, 0.1) is 11.8 Å². The SMILES string of the molecule is COc1ncc(N)cc1C#CCCN. The van der Waals surface area contributed by atoms with Crippen molar-refractivity contribution in [2.75, 3.05) is 19.4 Å². The highest BCUT2D eigenvalue weighted by molar-refractivity contribution is 5.50.